The third-order valence-electron chi connectivity index (χ3n) is 3.74. The Labute approximate surface area is 123 Å². The van der Waals surface area contributed by atoms with Crippen molar-refractivity contribution < 1.29 is 9.53 Å². The molecule has 20 heavy (non-hydrogen) atoms. The van der Waals surface area contributed by atoms with E-state index >= 15 is 0 Å². The van der Waals surface area contributed by atoms with Gasteiger partial charge in [0, 0.05) is 19.6 Å². The zero-order valence-electron chi connectivity index (χ0n) is 13.4. The molecule has 0 aromatic heterocycles. The van der Waals surface area contributed by atoms with Crippen molar-refractivity contribution in [3.8, 4) is 0 Å². The molecule has 118 valence electrons. The van der Waals surface area contributed by atoms with E-state index in [-0.39, 0.29) is 6.09 Å². The molecule has 3 N–H and O–H groups in total. The van der Waals surface area contributed by atoms with Gasteiger partial charge in [0.2, 0.25) is 0 Å². The van der Waals surface area contributed by atoms with Crippen molar-refractivity contribution in [3.05, 3.63) is 0 Å². The zero-order valence-corrected chi connectivity index (χ0v) is 13.4. The number of rotatable bonds is 6. The smallest absolute Gasteiger partial charge is 0.410 e. The normalized spacial score (nSPS) is 22.9. The summed E-state index contributed by atoms with van der Waals surface area (Å²) in [4.78, 5) is 13.4. The lowest BCUT2D eigenvalue weighted by Crippen LogP contribution is -2.38. The standard InChI is InChI=1S/C15H31N3O2/c1-15(2,3)20-14(19)18(4)10-6-9-17-13-8-5-7-12(13)11-16/h12-13,17H,5-11,16H2,1-4H3. The highest BCUT2D eigenvalue weighted by molar-refractivity contribution is 5.67. The molecule has 0 aromatic carbocycles. The summed E-state index contributed by atoms with van der Waals surface area (Å²) in [6, 6.07) is 0.562. The highest BCUT2D eigenvalue weighted by Crippen LogP contribution is 2.24. The molecule has 5 nitrogen and oxygen atoms in total. The van der Waals surface area contributed by atoms with Crippen LogP contribution in [-0.2, 0) is 4.74 Å². The summed E-state index contributed by atoms with van der Waals surface area (Å²) in [5, 5.41) is 3.57. The first-order chi connectivity index (χ1) is 9.33. The summed E-state index contributed by atoms with van der Waals surface area (Å²) in [6.07, 6.45) is 4.43. The number of carbonyl (C=O) groups is 1. The molecule has 1 saturated carbocycles. The van der Waals surface area contributed by atoms with Gasteiger partial charge in [-0.2, -0.15) is 0 Å². The molecule has 1 aliphatic carbocycles. The minimum atomic E-state index is -0.429. The van der Waals surface area contributed by atoms with Gasteiger partial charge in [-0.05, 0) is 59.0 Å². The van der Waals surface area contributed by atoms with Gasteiger partial charge in [-0.25, -0.2) is 4.79 Å². The molecule has 0 heterocycles. The van der Waals surface area contributed by atoms with E-state index in [1.807, 2.05) is 20.8 Å². The lowest BCUT2D eigenvalue weighted by atomic mass is 10.0. The topological polar surface area (TPSA) is 67.6 Å². The molecule has 0 aromatic rings. The second-order valence-electron chi connectivity index (χ2n) is 6.74. The summed E-state index contributed by atoms with van der Waals surface area (Å²) in [7, 11) is 1.78. The number of nitrogens with one attached hydrogen (secondary N) is 1. The molecule has 1 rings (SSSR count). The van der Waals surface area contributed by atoms with Crippen molar-refractivity contribution in [2.24, 2.45) is 11.7 Å². The fourth-order valence-corrected chi connectivity index (χ4v) is 2.62. The molecule has 0 bridgehead atoms. The maximum atomic E-state index is 11.8. The molecule has 0 spiro atoms. The van der Waals surface area contributed by atoms with Crippen LogP contribution < -0.4 is 11.1 Å². The van der Waals surface area contributed by atoms with Crippen LogP contribution in [0.5, 0.6) is 0 Å². The van der Waals surface area contributed by atoms with E-state index in [2.05, 4.69) is 5.32 Å². The Kier molecular flexibility index (Phi) is 6.76. The largest absolute Gasteiger partial charge is 0.444 e. The first-order valence-corrected chi connectivity index (χ1v) is 7.71. The Morgan fingerprint density at radius 2 is 2.10 bits per heavy atom. The predicted molar refractivity (Wildman–Crippen MR) is 81.7 cm³/mol. The van der Waals surface area contributed by atoms with E-state index in [0.717, 1.165) is 19.5 Å². The van der Waals surface area contributed by atoms with E-state index in [1.54, 1.807) is 11.9 Å². The maximum Gasteiger partial charge on any atom is 0.410 e. The molecular weight excluding hydrogens is 254 g/mol. The SMILES string of the molecule is CN(CCCNC1CCCC1CN)C(=O)OC(C)(C)C. The van der Waals surface area contributed by atoms with Gasteiger partial charge >= 0.3 is 6.09 Å². The molecule has 2 unspecified atom stereocenters. The third kappa shape index (κ3) is 6.09. The second kappa shape index (κ2) is 7.84. The molecule has 5 heteroatoms. The van der Waals surface area contributed by atoms with Gasteiger partial charge in [-0.15, -0.1) is 0 Å². The van der Waals surface area contributed by atoms with Crippen LogP contribution in [-0.4, -0.2) is 49.3 Å². The van der Waals surface area contributed by atoms with E-state index in [0.29, 0.717) is 18.5 Å². The molecule has 1 amide bonds. The van der Waals surface area contributed by atoms with Crippen molar-refractivity contribution in [3.63, 3.8) is 0 Å². The van der Waals surface area contributed by atoms with Crippen molar-refractivity contribution in [1.82, 2.24) is 10.2 Å². The van der Waals surface area contributed by atoms with Gasteiger partial charge in [-0.1, -0.05) is 6.42 Å². The van der Waals surface area contributed by atoms with Crippen LogP contribution >= 0.6 is 0 Å². The summed E-state index contributed by atoms with van der Waals surface area (Å²) >= 11 is 0. The number of nitrogens with zero attached hydrogens (tertiary/aromatic N) is 1. The number of amides is 1. The Morgan fingerprint density at radius 3 is 2.70 bits per heavy atom. The molecule has 0 aliphatic heterocycles. The molecule has 0 radical (unpaired) electrons. The highest BCUT2D eigenvalue weighted by atomic mass is 16.6. The fraction of sp³-hybridized carbons (Fsp3) is 0.933. The van der Waals surface area contributed by atoms with Crippen molar-refractivity contribution in [1.29, 1.82) is 0 Å². The van der Waals surface area contributed by atoms with Crippen LogP contribution in [0.1, 0.15) is 46.5 Å². The van der Waals surface area contributed by atoms with Crippen LogP contribution in [0.25, 0.3) is 0 Å². The molecular formula is C15H31N3O2. The van der Waals surface area contributed by atoms with Crippen LogP contribution in [0.3, 0.4) is 0 Å². The summed E-state index contributed by atoms with van der Waals surface area (Å²) in [5.41, 5.74) is 5.34. The predicted octanol–water partition coefficient (Wildman–Crippen LogP) is 1.96. The van der Waals surface area contributed by atoms with E-state index in [9.17, 15) is 4.79 Å². The Balaban J connectivity index is 2.16. The summed E-state index contributed by atoms with van der Waals surface area (Å²) < 4.78 is 5.31. The Bertz CT molecular complexity index is 302. The number of hydrogen-bond acceptors (Lipinski definition) is 4. The first kappa shape index (κ1) is 17.2. The number of ether oxygens (including phenoxy) is 1. The van der Waals surface area contributed by atoms with Gasteiger partial charge in [0.1, 0.15) is 5.60 Å². The second-order valence-corrected chi connectivity index (χ2v) is 6.74. The highest BCUT2D eigenvalue weighted by Gasteiger charge is 2.25. The van der Waals surface area contributed by atoms with Crippen LogP contribution in [0.2, 0.25) is 0 Å². The van der Waals surface area contributed by atoms with Crippen molar-refractivity contribution in [2.75, 3.05) is 26.7 Å². The lowest BCUT2D eigenvalue weighted by molar-refractivity contribution is 0.0297. The van der Waals surface area contributed by atoms with Crippen LogP contribution in [0, 0.1) is 5.92 Å². The molecule has 2 atom stereocenters. The minimum absolute atomic E-state index is 0.252. The lowest BCUT2D eigenvalue weighted by Gasteiger charge is -2.25. The first-order valence-electron chi connectivity index (χ1n) is 7.71. The van der Waals surface area contributed by atoms with Crippen molar-refractivity contribution in [2.45, 2.75) is 58.1 Å². The third-order valence-corrected chi connectivity index (χ3v) is 3.74. The molecule has 1 aliphatic rings. The van der Waals surface area contributed by atoms with Gasteiger partial charge in [-0.3, -0.25) is 0 Å². The maximum absolute atomic E-state index is 11.8. The van der Waals surface area contributed by atoms with Crippen LogP contribution in [0.4, 0.5) is 4.79 Å². The van der Waals surface area contributed by atoms with Gasteiger partial charge in [0.25, 0.3) is 0 Å². The van der Waals surface area contributed by atoms with E-state index in [1.165, 1.54) is 19.3 Å². The number of hydrogen-bond donors (Lipinski definition) is 2. The Morgan fingerprint density at radius 1 is 1.40 bits per heavy atom. The fourth-order valence-electron chi connectivity index (χ4n) is 2.62. The Hall–Kier alpha value is -0.810. The van der Waals surface area contributed by atoms with Crippen molar-refractivity contribution >= 4 is 6.09 Å². The van der Waals surface area contributed by atoms with E-state index in [4.69, 9.17) is 10.5 Å². The number of carbonyl (C=O) groups excluding carboxylic acids is 1. The van der Waals surface area contributed by atoms with Gasteiger partial charge < -0.3 is 20.7 Å². The quantitative estimate of drug-likeness (QED) is 0.732. The van der Waals surface area contributed by atoms with Crippen LogP contribution in [0.15, 0.2) is 0 Å². The molecule has 0 saturated heterocycles. The van der Waals surface area contributed by atoms with Gasteiger partial charge in [0.05, 0.1) is 0 Å². The average Bonchev–Trinajstić information content (AvgIpc) is 2.79. The zero-order chi connectivity index (χ0) is 15.2. The molecule has 1 fully saturated rings. The number of nitrogens with two attached hydrogens (primary N) is 1. The van der Waals surface area contributed by atoms with E-state index < -0.39 is 5.60 Å². The van der Waals surface area contributed by atoms with Gasteiger partial charge in [0.15, 0.2) is 0 Å². The minimum Gasteiger partial charge on any atom is -0.444 e. The average molecular weight is 285 g/mol. The summed E-state index contributed by atoms with van der Waals surface area (Å²) in [6.45, 7) is 8.06. The summed E-state index contributed by atoms with van der Waals surface area (Å²) in [5.74, 6) is 0.624. The monoisotopic (exact) mass is 285 g/mol.